The lowest BCUT2D eigenvalue weighted by molar-refractivity contribution is -0.120. The number of rotatable bonds is 8. The van der Waals surface area contributed by atoms with Crippen LogP contribution in [0, 0.1) is 20.8 Å². The van der Waals surface area contributed by atoms with Crippen LogP contribution in [-0.2, 0) is 21.2 Å². The molecular formula is C23H26N2O5S. The van der Waals surface area contributed by atoms with Gasteiger partial charge in [0.2, 0.25) is 5.91 Å². The van der Waals surface area contributed by atoms with Crippen LogP contribution >= 0.6 is 0 Å². The summed E-state index contributed by atoms with van der Waals surface area (Å²) < 4.78 is 36.6. The molecule has 1 amide bonds. The summed E-state index contributed by atoms with van der Waals surface area (Å²) in [4.78, 5) is 12.2. The van der Waals surface area contributed by atoms with Crippen molar-refractivity contribution < 1.29 is 22.5 Å². The minimum absolute atomic E-state index is 0.0206. The van der Waals surface area contributed by atoms with Gasteiger partial charge in [-0.1, -0.05) is 35.0 Å². The van der Waals surface area contributed by atoms with E-state index in [9.17, 15) is 13.2 Å². The summed E-state index contributed by atoms with van der Waals surface area (Å²) in [6, 6.07) is 12.6. The fourth-order valence-corrected chi connectivity index (χ4v) is 4.52. The molecule has 0 atom stereocenters. The van der Waals surface area contributed by atoms with Gasteiger partial charge in [0, 0.05) is 24.1 Å². The zero-order valence-corrected chi connectivity index (χ0v) is 18.9. The van der Waals surface area contributed by atoms with Crippen LogP contribution in [0.4, 0.5) is 0 Å². The molecule has 0 spiro atoms. The number of nitrogens with one attached hydrogen (secondary N) is 1. The van der Waals surface area contributed by atoms with Crippen LogP contribution in [0.3, 0.4) is 0 Å². The van der Waals surface area contributed by atoms with Crippen molar-refractivity contribution in [2.24, 2.45) is 0 Å². The van der Waals surface area contributed by atoms with E-state index >= 15 is 0 Å². The fraction of sp³-hybridized carbons (Fsp3) is 0.304. The molecule has 8 heteroatoms. The van der Waals surface area contributed by atoms with Gasteiger partial charge in [-0.05, 0) is 44.5 Å². The van der Waals surface area contributed by atoms with Crippen LogP contribution in [-0.4, -0.2) is 32.3 Å². The second-order valence-electron chi connectivity index (χ2n) is 7.42. The first-order valence-electron chi connectivity index (χ1n) is 9.87. The molecule has 1 aromatic heterocycles. The average molecular weight is 443 g/mol. The number of sulfone groups is 1. The van der Waals surface area contributed by atoms with Crippen molar-refractivity contribution in [3.63, 3.8) is 0 Å². The summed E-state index contributed by atoms with van der Waals surface area (Å²) in [7, 11) is -2.36. The Balaban J connectivity index is 1.73. The molecule has 0 aliphatic rings. The lowest BCUT2D eigenvalue weighted by Crippen LogP contribution is -2.25. The predicted octanol–water partition coefficient (Wildman–Crippen LogP) is 3.76. The first-order valence-corrected chi connectivity index (χ1v) is 11.5. The lowest BCUT2D eigenvalue weighted by Gasteiger charge is -2.11. The van der Waals surface area contributed by atoms with Crippen LogP contribution in [0.15, 0.2) is 51.9 Å². The second kappa shape index (κ2) is 9.34. The molecule has 0 bridgehead atoms. The summed E-state index contributed by atoms with van der Waals surface area (Å²) in [5, 5.41) is 6.69. The van der Waals surface area contributed by atoms with Crippen molar-refractivity contribution in [2.75, 3.05) is 12.9 Å². The summed E-state index contributed by atoms with van der Waals surface area (Å²) in [5.41, 5.74) is 4.24. The van der Waals surface area contributed by atoms with E-state index in [1.54, 1.807) is 12.1 Å². The molecule has 0 saturated carbocycles. The van der Waals surface area contributed by atoms with Gasteiger partial charge in [0.05, 0.1) is 18.6 Å². The van der Waals surface area contributed by atoms with Gasteiger partial charge in [-0.2, -0.15) is 0 Å². The molecule has 0 unspecified atom stereocenters. The Morgan fingerprint density at radius 1 is 1.10 bits per heavy atom. The fourth-order valence-electron chi connectivity index (χ4n) is 3.08. The standard InChI is InChI=1S/C23H26N2O5S/c1-15-5-7-18(8-6-15)14-24-22(26)11-12-31(27,28)21-13-19(9-10-20(21)29-4)23-16(2)17(3)25-30-23/h5-10,13H,11-12,14H2,1-4H3,(H,24,26). The smallest absolute Gasteiger partial charge is 0.221 e. The molecule has 1 heterocycles. The van der Waals surface area contributed by atoms with Gasteiger partial charge in [-0.15, -0.1) is 0 Å². The van der Waals surface area contributed by atoms with E-state index in [0.717, 1.165) is 22.4 Å². The third-order valence-corrected chi connectivity index (χ3v) is 6.86. The third-order valence-electron chi connectivity index (χ3n) is 5.13. The topological polar surface area (TPSA) is 98.5 Å². The molecule has 2 aromatic carbocycles. The second-order valence-corrected chi connectivity index (χ2v) is 9.50. The first-order chi connectivity index (χ1) is 14.7. The number of benzene rings is 2. The maximum absolute atomic E-state index is 13.0. The monoisotopic (exact) mass is 442 g/mol. The molecule has 0 aliphatic carbocycles. The van der Waals surface area contributed by atoms with E-state index in [0.29, 0.717) is 17.9 Å². The highest BCUT2D eigenvalue weighted by atomic mass is 32.2. The van der Waals surface area contributed by atoms with Crippen molar-refractivity contribution in [3.05, 3.63) is 64.8 Å². The Hall–Kier alpha value is -3.13. The number of carbonyl (C=O) groups is 1. The molecule has 7 nitrogen and oxygen atoms in total. The normalized spacial score (nSPS) is 11.4. The molecule has 1 N–H and O–H groups in total. The maximum atomic E-state index is 13.0. The molecule has 0 saturated heterocycles. The van der Waals surface area contributed by atoms with Crippen LogP contribution in [0.2, 0.25) is 0 Å². The Morgan fingerprint density at radius 2 is 1.81 bits per heavy atom. The van der Waals surface area contributed by atoms with Crippen molar-refractivity contribution in [2.45, 2.75) is 38.6 Å². The van der Waals surface area contributed by atoms with Crippen LogP contribution in [0.25, 0.3) is 11.3 Å². The van der Waals surface area contributed by atoms with Crippen molar-refractivity contribution in [1.82, 2.24) is 10.5 Å². The highest BCUT2D eigenvalue weighted by Gasteiger charge is 2.23. The van der Waals surface area contributed by atoms with Crippen LogP contribution in [0.5, 0.6) is 5.75 Å². The van der Waals surface area contributed by atoms with Crippen LogP contribution < -0.4 is 10.1 Å². The van der Waals surface area contributed by atoms with Gasteiger partial charge in [0.25, 0.3) is 0 Å². The molecule has 0 radical (unpaired) electrons. The number of nitrogens with zero attached hydrogens (tertiary/aromatic N) is 1. The summed E-state index contributed by atoms with van der Waals surface area (Å²) in [5.74, 6) is 0.0622. The first kappa shape index (κ1) is 22.6. The molecule has 0 fully saturated rings. The van der Waals surface area contributed by atoms with Gasteiger partial charge < -0.3 is 14.6 Å². The van der Waals surface area contributed by atoms with Crippen molar-refractivity contribution >= 4 is 15.7 Å². The number of carbonyl (C=O) groups excluding carboxylic acids is 1. The largest absolute Gasteiger partial charge is 0.495 e. The van der Waals surface area contributed by atoms with E-state index < -0.39 is 9.84 Å². The molecule has 164 valence electrons. The van der Waals surface area contributed by atoms with E-state index in [1.165, 1.54) is 13.2 Å². The van der Waals surface area contributed by atoms with E-state index in [4.69, 9.17) is 9.26 Å². The average Bonchev–Trinajstić information content (AvgIpc) is 3.10. The molecular weight excluding hydrogens is 416 g/mol. The lowest BCUT2D eigenvalue weighted by atomic mass is 10.1. The minimum Gasteiger partial charge on any atom is -0.495 e. The van der Waals surface area contributed by atoms with Gasteiger partial charge >= 0.3 is 0 Å². The van der Waals surface area contributed by atoms with Gasteiger partial charge in [-0.3, -0.25) is 4.79 Å². The zero-order valence-electron chi connectivity index (χ0n) is 18.1. The van der Waals surface area contributed by atoms with Crippen molar-refractivity contribution in [1.29, 1.82) is 0 Å². The summed E-state index contributed by atoms with van der Waals surface area (Å²) >= 11 is 0. The Bertz CT molecular complexity index is 1180. The SMILES string of the molecule is COc1ccc(-c2onc(C)c2C)cc1S(=O)(=O)CCC(=O)NCc1ccc(C)cc1. The van der Waals surface area contributed by atoms with Crippen LogP contribution in [0.1, 0.15) is 28.8 Å². The number of aryl methyl sites for hydroxylation is 2. The van der Waals surface area contributed by atoms with Gasteiger partial charge in [-0.25, -0.2) is 8.42 Å². The Kier molecular flexibility index (Phi) is 6.80. The Labute approximate surface area is 182 Å². The predicted molar refractivity (Wildman–Crippen MR) is 118 cm³/mol. The number of hydrogen-bond acceptors (Lipinski definition) is 6. The molecule has 0 aliphatic heterocycles. The minimum atomic E-state index is -3.77. The van der Waals surface area contributed by atoms with Gasteiger partial charge in [0.1, 0.15) is 10.6 Å². The van der Waals surface area contributed by atoms with E-state index in [1.807, 2.05) is 45.0 Å². The number of methoxy groups -OCH3 is 1. The molecule has 31 heavy (non-hydrogen) atoms. The maximum Gasteiger partial charge on any atom is 0.221 e. The third kappa shape index (κ3) is 5.32. The highest BCUT2D eigenvalue weighted by molar-refractivity contribution is 7.91. The summed E-state index contributed by atoms with van der Waals surface area (Å²) in [6.45, 7) is 6.01. The van der Waals surface area contributed by atoms with Crippen molar-refractivity contribution in [3.8, 4) is 17.1 Å². The van der Waals surface area contributed by atoms with E-state index in [2.05, 4.69) is 10.5 Å². The zero-order chi connectivity index (χ0) is 22.6. The highest BCUT2D eigenvalue weighted by Crippen LogP contribution is 2.33. The number of ether oxygens (including phenoxy) is 1. The molecule has 3 rings (SSSR count). The van der Waals surface area contributed by atoms with E-state index in [-0.39, 0.29) is 28.7 Å². The number of amides is 1. The molecule has 3 aromatic rings. The summed E-state index contributed by atoms with van der Waals surface area (Å²) in [6.07, 6.45) is -0.151. The number of hydrogen-bond donors (Lipinski definition) is 1. The Morgan fingerprint density at radius 3 is 2.42 bits per heavy atom. The van der Waals surface area contributed by atoms with Gasteiger partial charge in [0.15, 0.2) is 15.6 Å². The number of aromatic nitrogens is 1. The quantitative estimate of drug-likeness (QED) is 0.570.